The summed E-state index contributed by atoms with van der Waals surface area (Å²) < 4.78 is 24.5. The van der Waals surface area contributed by atoms with Crippen LogP contribution in [0.1, 0.15) is 5.56 Å². The van der Waals surface area contributed by atoms with Gasteiger partial charge in [-0.05, 0) is 23.3 Å². The Bertz CT molecular complexity index is 735. The molecule has 0 fully saturated rings. The average molecular weight is 278 g/mol. The molecule has 0 unspecified atom stereocenters. The van der Waals surface area contributed by atoms with Crippen LogP contribution in [0, 0.1) is 0 Å². The van der Waals surface area contributed by atoms with Crippen LogP contribution in [0.15, 0.2) is 47.3 Å². The van der Waals surface area contributed by atoms with Crippen molar-refractivity contribution in [3.8, 4) is 11.3 Å². The number of H-pyrrole nitrogens is 1. The molecular weight excluding hydrogens is 264 g/mol. The summed E-state index contributed by atoms with van der Waals surface area (Å²) >= 11 is 0. The van der Waals surface area contributed by atoms with Gasteiger partial charge in [0.2, 0.25) is 15.6 Å². The van der Waals surface area contributed by atoms with Crippen LogP contribution in [-0.2, 0) is 16.6 Å². The van der Waals surface area contributed by atoms with Crippen LogP contribution in [0.3, 0.4) is 0 Å². The van der Waals surface area contributed by atoms with Crippen molar-refractivity contribution in [2.45, 2.75) is 6.54 Å². The van der Waals surface area contributed by atoms with Crippen LogP contribution < -0.4 is 10.3 Å². The van der Waals surface area contributed by atoms with Gasteiger partial charge in [-0.1, -0.05) is 24.3 Å². The minimum atomic E-state index is -3.21. The van der Waals surface area contributed by atoms with Crippen LogP contribution in [0.4, 0.5) is 0 Å². The summed E-state index contributed by atoms with van der Waals surface area (Å²) in [5.41, 5.74) is 2.20. The fraction of sp³-hybridized carbons (Fsp3) is 0.154. The van der Waals surface area contributed by atoms with Crippen LogP contribution in [0.25, 0.3) is 11.3 Å². The molecule has 19 heavy (non-hydrogen) atoms. The minimum absolute atomic E-state index is 0.169. The summed E-state index contributed by atoms with van der Waals surface area (Å²) in [6.45, 7) is 0.226. The van der Waals surface area contributed by atoms with Gasteiger partial charge in [0.15, 0.2) is 0 Å². The standard InChI is InChI=1S/C13H14N2O3S/c1-19(17,18)14-9-10-4-2-5-11(8-10)12-6-3-7-13(16)15-12/h2-8,14H,9H2,1H3,(H,15,16). The van der Waals surface area contributed by atoms with E-state index in [1.54, 1.807) is 12.1 Å². The zero-order valence-electron chi connectivity index (χ0n) is 10.4. The molecule has 0 saturated heterocycles. The monoisotopic (exact) mass is 278 g/mol. The van der Waals surface area contributed by atoms with Gasteiger partial charge in [0.05, 0.1) is 6.26 Å². The second kappa shape index (κ2) is 5.38. The Hall–Kier alpha value is -1.92. The molecule has 2 N–H and O–H groups in total. The Morgan fingerprint density at radius 2 is 1.89 bits per heavy atom. The first-order valence-electron chi connectivity index (χ1n) is 5.67. The second-order valence-corrected chi connectivity index (χ2v) is 6.06. The van der Waals surface area contributed by atoms with E-state index in [-0.39, 0.29) is 12.1 Å². The molecule has 1 aromatic carbocycles. The molecule has 0 amide bonds. The Morgan fingerprint density at radius 3 is 2.58 bits per heavy atom. The lowest BCUT2D eigenvalue weighted by atomic mass is 10.1. The van der Waals surface area contributed by atoms with Gasteiger partial charge in [-0.3, -0.25) is 4.79 Å². The zero-order chi connectivity index (χ0) is 13.9. The van der Waals surface area contributed by atoms with Crippen molar-refractivity contribution in [3.05, 3.63) is 58.4 Å². The second-order valence-electron chi connectivity index (χ2n) is 4.22. The largest absolute Gasteiger partial charge is 0.322 e. The number of rotatable bonds is 4. The first kappa shape index (κ1) is 13.5. The maximum Gasteiger partial charge on any atom is 0.248 e. The molecule has 0 atom stereocenters. The molecule has 0 aliphatic carbocycles. The van der Waals surface area contributed by atoms with Crippen molar-refractivity contribution < 1.29 is 8.42 Å². The number of sulfonamides is 1. The van der Waals surface area contributed by atoms with Gasteiger partial charge in [0.25, 0.3) is 0 Å². The Labute approximate surface area is 111 Å². The lowest BCUT2D eigenvalue weighted by Gasteiger charge is -2.06. The number of aromatic nitrogens is 1. The first-order chi connectivity index (χ1) is 8.94. The van der Waals surface area contributed by atoms with Crippen LogP contribution >= 0.6 is 0 Å². The van der Waals surface area contributed by atoms with Crippen molar-refractivity contribution in [2.24, 2.45) is 0 Å². The number of nitrogens with one attached hydrogen (secondary N) is 2. The topological polar surface area (TPSA) is 79.0 Å². The van der Waals surface area contributed by atoms with Gasteiger partial charge in [-0.2, -0.15) is 0 Å². The molecule has 1 aromatic heterocycles. The Balaban J connectivity index is 2.27. The SMILES string of the molecule is CS(=O)(=O)NCc1cccc(-c2cccc(=O)[nH]2)c1. The molecular formula is C13H14N2O3S. The summed E-state index contributed by atoms with van der Waals surface area (Å²) in [6.07, 6.45) is 1.12. The smallest absolute Gasteiger partial charge is 0.248 e. The molecule has 2 aromatic rings. The van der Waals surface area contributed by atoms with E-state index in [4.69, 9.17) is 0 Å². The summed E-state index contributed by atoms with van der Waals surface area (Å²) in [6, 6.07) is 12.3. The predicted octanol–water partition coefficient (Wildman–Crippen LogP) is 1.09. The summed E-state index contributed by atoms with van der Waals surface area (Å²) in [4.78, 5) is 14.0. The maximum absolute atomic E-state index is 11.3. The molecule has 0 radical (unpaired) electrons. The van der Waals surface area contributed by atoms with E-state index < -0.39 is 10.0 Å². The molecule has 0 saturated carbocycles. The summed E-state index contributed by atoms with van der Waals surface area (Å²) in [5, 5.41) is 0. The van der Waals surface area contributed by atoms with Crippen LogP contribution in [0.5, 0.6) is 0 Å². The summed E-state index contributed by atoms with van der Waals surface area (Å²) in [7, 11) is -3.21. The number of hydrogen-bond acceptors (Lipinski definition) is 3. The highest BCUT2D eigenvalue weighted by molar-refractivity contribution is 7.88. The third kappa shape index (κ3) is 4.04. The molecule has 1 heterocycles. The number of aromatic amines is 1. The third-order valence-corrected chi connectivity index (χ3v) is 3.21. The third-order valence-electron chi connectivity index (χ3n) is 2.54. The fourth-order valence-corrected chi connectivity index (χ4v) is 2.11. The summed E-state index contributed by atoms with van der Waals surface area (Å²) in [5.74, 6) is 0. The molecule has 6 heteroatoms. The lowest BCUT2D eigenvalue weighted by molar-refractivity contribution is 0.587. The van der Waals surface area contributed by atoms with Crippen molar-refractivity contribution in [1.82, 2.24) is 9.71 Å². The van der Waals surface area contributed by atoms with Gasteiger partial charge >= 0.3 is 0 Å². The van der Waals surface area contributed by atoms with E-state index in [1.807, 2.05) is 24.3 Å². The van der Waals surface area contributed by atoms with E-state index in [1.165, 1.54) is 6.07 Å². The quantitative estimate of drug-likeness (QED) is 0.878. The van der Waals surface area contributed by atoms with E-state index in [0.717, 1.165) is 17.4 Å². The average Bonchev–Trinajstić information content (AvgIpc) is 2.36. The van der Waals surface area contributed by atoms with E-state index in [0.29, 0.717) is 5.69 Å². The van der Waals surface area contributed by atoms with Crippen molar-refractivity contribution >= 4 is 10.0 Å². The molecule has 100 valence electrons. The van der Waals surface area contributed by atoms with Gasteiger partial charge in [-0.15, -0.1) is 0 Å². The van der Waals surface area contributed by atoms with E-state index in [2.05, 4.69) is 9.71 Å². The van der Waals surface area contributed by atoms with Crippen molar-refractivity contribution in [3.63, 3.8) is 0 Å². The fourth-order valence-electron chi connectivity index (χ4n) is 1.68. The van der Waals surface area contributed by atoms with Gasteiger partial charge in [-0.25, -0.2) is 13.1 Å². The van der Waals surface area contributed by atoms with Gasteiger partial charge in [0.1, 0.15) is 0 Å². The molecule has 0 bridgehead atoms. The number of pyridine rings is 1. The van der Waals surface area contributed by atoms with Gasteiger partial charge < -0.3 is 4.98 Å². The highest BCUT2D eigenvalue weighted by Gasteiger charge is 2.03. The van der Waals surface area contributed by atoms with E-state index >= 15 is 0 Å². The molecule has 5 nitrogen and oxygen atoms in total. The Morgan fingerprint density at radius 1 is 1.16 bits per heavy atom. The first-order valence-corrected chi connectivity index (χ1v) is 7.56. The van der Waals surface area contributed by atoms with Crippen molar-refractivity contribution in [2.75, 3.05) is 6.26 Å². The molecule has 0 spiro atoms. The van der Waals surface area contributed by atoms with Crippen LogP contribution in [0.2, 0.25) is 0 Å². The number of hydrogen-bond donors (Lipinski definition) is 2. The Kier molecular flexibility index (Phi) is 3.82. The van der Waals surface area contributed by atoms with E-state index in [9.17, 15) is 13.2 Å². The van der Waals surface area contributed by atoms with Crippen molar-refractivity contribution in [1.29, 1.82) is 0 Å². The molecule has 2 rings (SSSR count). The van der Waals surface area contributed by atoms with Gasteiger partial charge in [0, 0.05) is 18.3 Å². The van der Waals surface area contributed by atoms with Crippen LogP contribution in [-0.4, -0.2) is 19.7 Å². The number of benzene rings is 1. The zero-order valence-corrected chi connectivity index (χ0v) is 11.2. The normalized spacial score (nSPS) is 11.4. The maximum atomic E-state index is 11.3. The highest BCUT2D eigenvalue weighted by atomic mass is 32.2. The molecule has 0 aliphatic rings. The molecule has 0 aliphatic heterocycles. The lowest BCUT2D eigenvalue weighted by Crippen LogP contribution is -2.21. The minimum Gasteiger partial charge on any atom is -0.322 e. The predicted molar refractivity (Wildman–Crippen MR) is 74.2 cm³/mol. The highest BCUT2D eigenvalue weighted by Crippen LogP contribution is 2.16.